The fraction of sp³-hybridized carbons (Fsp3) is 0.714. The van der Waals surface area contributed by atoms with Crippen molar-refractivity contribution in [2.75, 3.05) is 37.5 Å². The second-order valence-corrected chi connectivity index (χ2v) is 5.32. The number of nitrogen functional groups attached to an aromatic ring is 1. The van der Waals surface area contributed by atoms with Gasteiger partial charge in [-0.05, 0) is 34.4 Å². The fourth-order valence-electron chi connectivity index (χ4n) is 2.55. The van der Waals surface area contributed by atoms with E-state index < -0.39 is 0 Å². The Bertz CT molecular complexity index is 407. The van der Waals surface area contributed by atoms with Gasteiger partial charge in [0.25, 0.3) is 0 Å². The van der Waals surface area contributed by atoms with Gasteiger partial charge in [0.1, 0.15) is 18.0 Å². The van der Waals surface area contributed by atoms with Crippen molar-refractivity contribution < 1.29 is 0 Å². The molecule has 1 aromatic rings. The van der Waals surface area contributed by atoms with Crippen molar-refractivity contribution in [3.8, 4) is 0 Å². The van der Waals surface area contributed by atoms with Gasteiger partial charge in [-0.3, -0.25) is 0 Å². The van der Waals surface area contributed by atoms with Crippen molar-refractivity contribution >= 4 is 11.6 Å². The Balaban J connectivity index is 3.13. The Morgan fingerprint density at radius 3 is 2.50 bits per heavy atom. The lowest BCUT2D eigenvalue weighted by molar-refractivity contribution is 0.372. The van der Waals surface area contributed by atoms with Crippen LogP contribution in [0, 0.1) is 0 Å². The summed E-state index contributed by atoms with van der Waals surface area (Å²) in [6.45, 7) is 8.41. The maximum Gasteiger partial charge on any atom is 0.148 e. The summed E-state index contributed by atoms with van der Waals surface area (Å²) in [6, 6.07) is 0.381. The van der Waals surface area contributed by atoms with Crippen LogP contribution in [-0.4, -0.2) is 48.1 Å². The second-order valence-electron chi connectivity index (χ2n) is 5.32. The summed E-state index contributed by atoms with van der Waals surface area (Å²) >= 11 is 0. The number of nitrogens with zero attached hydrogens (tertiary/aromatic N) is 4. The normalized spacial score (nSPS) is 12.6. The molecule has 0 spiro atoms. The molecule has 0 fully saturated rings. The average molecular weight is 280 g/mol. The predicted octanol–water partition coefficient (Wildman–Crippen LogP) is 1.49. The quantitative estimate of drug-likeness (QED) is 0.555. The van der Waals surface area contributed by atoms with Crippen molar-refractivity contribution in [1.29, 1.82) is 0 Å². The van der Waals surface area contributed by atoms with Crippen LogP contribution in [0.15, 0.2) is 6.33 Å². The maximum absolute atomic E-state index is 5.58. The highest BCUT2D eigenvalue weighted by Crippen LogP contribution is 2.25. The lowest BCUT2D eigenvalue weighted by Gasteiger charge is -2.32. The molecule has 3 N–H and O–H groups in total. The van der Waals surface area contributed by atoms with E-state index >= 15 is 0 Å². The summed E-state index contributed by atoms with van der Waals surface area (Å²) in [7, 11) is 4.17. The zero-order valence-corrected chi connectivity index (χ0v) is 13.3. The Kier molecular flexibility index (Phi) is 6.67. The van der Waals surface area contributed by atoms with Crippen LogP contribution in [-0.2, 0) is 6.42 Å². The maximum atomic E-state index is 5.58. The van der Waals surface area contributed by atoms with Gasteiger partial charge in [0.05, 0.1) is 0 Å². The second kappa shape index (κ2) is 8.01. The van der Waals surface area contributed by atoms with Crippen molar-refractivity contribution in [3.05, 3.63) is 11.9 Å². The number of likely N-dealkylation sites (N-methyl/N-ethyl adjacent to an activating group) is 2. The van der Waals surface area contributed by atoms with Crippen molar-refractivity contribution in [1.82, 2.24) is 14.9 Å². The molecular formula is C14H28N6. The largest absolute Gasteiger partial charge is 0.353 e. The molecule has 0 bridgehead atoms. The van der Waals surface area contributed by atoms with Gasteiger partial charge in [0, 0.05) is 24.7 Å². The van der Waals surface area contributed by atoms with Crippen molar-refractivity contribution in [2.45, 2.75) is 39.7 Å². The summed E-state index contributed by atoms with van der Waals surface area (Å²) in [6.07, 6.45) is 3.53. The molecule has 114 valence electrons. The van der Waals surface area contributed by atoms with Crippen LogP contribution < -0.4 is 16.2 Å². The van der Waals surface area contributed by atoms with Gasteiger partial charge in [-0.25, -0.2) is 15.8 Å². The average Bonchev–Trinajstić information content (AvgIpc) is 2.40. The molecule has 1 rings (SSSR count). The third kappa shape index (κ3) is 4.05. The van der Waals surface area contributed by atoms with Crippen molar-refractivity contribution in [3.63, 3.8) is 0 Å². The van der Waals surface area contributed by atoms with E-state index in [1.54, 1.807) is 6.33 Å². The van der Waals surface area contributed by atoms with Crippen LogP contribution in [0.1, 0.15) is 32.8 Å². The lowest BCUT2D eigenvalue weighted by atomic mass is 10.1. The SMILES string of the molecule is CCCc1c(NN)ncnc1N(CC)C(C)CN(C)C. The fourth-order valence-corrected chi connectivity index (χ4v) is 2.55. The summed E-state index contributed by atoms with van der Waals surface area (Å²) in [5, 5.41) is 0. The highest BCUT2D eigenvalue weighted by atomic mass is 15.3. The van der Waals surface area contributed by atoms with E-state index in [-0.39, 0.29) is 0 Å². The molecule has 1 unspecified atom stereocenters. The van der Waals surface area contributed by atoms with Crippen LogP contribution >= 0.6 is 0 Å². The van der Waals surface area contributed by atoms with Gasteiger partial charge in [-0.15, -0.1) is 0 Å². The molecule has 1 aromatic heterocycles. The molecule has 0 aliphatic carbocycles. The van der Waals surface area contributed by atoms with Gasteiger partial charge in [0.2, 0.25) is 0 Å². The Morgan fingerprint density at radius 2 is 2.00 bits per heavy atom. The molecule has 0 saturated heterocycles. The van der Waals surface area contributed by atoms with E-state index in [0.29, 0.717) is 6.04 Å². The highest BCUT2D eigenvalue weighted by Gasteiger charge is 2.20. The first-order chi connectivity index (χ1) is 9.54. The number of rotatable bonds is 8. The molecule has 20 heavy (non-hydrogen) atoms. The summed E-state index contributed by atoms with van der Waals surface area (Å²) in [4.78, 5) is 13.2. The van der Waals surface area contributed by atoms with Crippen LogP contribution in [0.25, 0.3) is 0 Å². The third-order valence-corrected chi connectivity index (χ3v) is 3.33. The first-order valence-electron chi connectivity index (χ1n) is 7.26. The number of anilines is 2. The lowest BCUT2D eigenvalue weighted by Crippen LogP contribution is -2.41. The van der Waals surface area contributed by atoms with E-state index in [4.69, 9.17) is 5.84 Å². The molecule has 0 saturated carbocycles. The number of hydrazine groups is 1. The molecule has 0 aliphatic heterocycles. The number of hydrogen-bond donors (Lipinski definition) is 2. The van der Waals surface area contributed by atoms with Gasteiger partial charge in [-0.2, -0.15) is 0 Å². The van der Waals surface area contributed by atoms with E-state index in [1.807, 2.05) is 0 Å². The first-order valence-corrected chi connectivity index (χ1v) is 7.26. The van der Waals surface area contributed by atoms with Crippen LogP contribution in [0.5, 0.6) is 0 Å². The monoisotopic (exact) mass is 280 g/mol. The summed E-state index contributed by atoms with van der Waals surface area (Å²) in [5.41, 5.74) is 3.79. The number of aromatic nitrogens is 2. The van der Waals surface area contributed by atoms with Crippen LogP contribution in [0.3, 0.4) is 0 Å². The van der Waals surface area contributed by atoms with E-state index in [1.165, 1.54) is 0 Å². The summed E-state index contributed by atoms with van der Waals surface area (Å²) < 4.78 is 0. The Morgan fingerprint density at radius 1 is 1.30 bits per heavy atom. The Hall–Kier alpha value is -1.40. The summed E-state index contributed by atoms with van der Waals surface area (Å²) in [5.74, 6) is 7.30. The molecule has 6 nitrogen and oxygen atoms in total. The van der Waals surface area contributed by atoms with Gasteiger partial charge in [-0.1, -0.05) is 13.3 Å². The molecule has 6 heteroatoms. The highest BCUT2D eigenvalue weighted by molar-refractivity contribution is 5.58. The minimum atomic E-state index is 0.381. The first kappa shape index (κ1) is 16.7. The molecule has 1 heterocycles. The van der Waals surface area contributed by atoms with E-state index in [0.717, 1.165) is 43.1 Å². The van der Waals surface area contributed by atoms with Gasteiger partial charge in [0.15, 0.2) is 0 Å². The third-order valence-electron chi connectivity index (χ3n) is 3.33. The van der Waals surface area contributed by atoms with Crippen molar-refractivity contribution in [2.24, 2.45) is 5.84 Å². The van der Waals surface area contributed by atoms with Gasteiger partial charge < -0.3 is 15.2 Å². The number of hydrogen-bond acceptors (Lipinski definition) is 6. The molecule has 0 aliphatic rings. The standard InChI is InChI=1S/C14H28N6/c1-6-8-12-13(18-15)16-10-17-14(12)20(7-2)11(3)9-19(4)5/h10-11H,6-9,15H2,1-5H3,(H,16,17,18). The number of nitrogens with one attached hydrogen (secondary N) is 1. The zero-order chi connectivity index (χ0) is 15.1. The minimum Gasteiger partial charge on any atom is -0.353 e. The van der Waals surface area contributed by atoms with E-state index in [2.05, 4.69) is 60.1 Å². The smallest absolute Gasteiger partial charge is 0.148 e. The van der Waals surface area contributed by atoms with E-state index in [9.17, 15) is 0 Å². The molecule has 0 amide bonds. The van der Waals surface area contributed by atoms with Crippen LogP contribution in [0.2, 0.25) is 0 Å². The minimum absolute atomic E-state index is 0.381. The topological polar surface area (TPSA) is 70.3 Å². The predicted molar refractivity (Wildman–Crippen MR) is 84.9 cm³/mol. The zero-order valence-electron chi connectivity index (χ0n) is 13.3. The molecular weight excluding hydrogens is 252 g/mol. The molecule has 0 aromatic carbocycles. The molecule has 1 atom stereocenters. The van der Waals surface area contributed by atoms with Crippen LogP contribution in [0.4, 0.5) is 11.6 Å². The van der Waals surface area contributed by atoms with Gasteiger partial charge >= 0.3 is 0 Å². The Labute approximate surface area is 122 Å². The number of nitrogens with two attached hydrogens (primary N) is 1. The molecule has 0 radical (unpaired) electrons.